The topological polar surface area (TPSA) is 35.8 Å². The Bertz CT molecular complexity index is 558. The van der Waals surface area contributed by atoms with E-state index < -0.39 is 0 Å². The molecular formula is C15H13ClN2. The van der Waals surface area contributed by atoms with Crippen molar-refractivity contribution in [1.29, 1.82) is 5.26 Å². The van der Waals surface area contributed by atoms with Gasteiger partial charge in [0, 0.05) is 12.2 Å². The number of nitriles is 1. The molecule has 18 heavy (non-hydrogen) atoms. The summed E-state index contributed by atoms with van der Waals surface area (Å²) < 4.78 is 0. The molecule has 0 aliphatic carbocycles. The molecule has 0 radical (unpaired) electrons. The molecule has 0 saturated carbocycles. The summed E-state index contributed by atoms with van der Waals surface area (Å²) in [4.78, 5) is 0. The molecule has 0 aliphatic heterocycles. The summed E-state index contributed by atoms with van der Waals surface area (Å²) in [6.45, 7) is 0.840. The van der Waals surface area contributed by atoms with Crippen LogP contribution < -0.4 is 5.32 Å². The maximum atomic E-state index is 8.78. The summed E-state index contributed by atoms with van der Waals surface area (Å²) in [7, 11) is 0. The number of halogens is 1. The predicted molar refractivity (Wildman–Crippen MR) is 74.8 cm³/mol. The minimum Gasteiger partial charge on any atom is -0.385 e. The van der Waals surface area contributed by atoms with Crippen molar-refractivity contribution in [2.45, 2.75) is 6.42 Å². The zero-order valence-corrected chi connectivity index (χ0v) is 10.6. The zero-order chi connectivity index (χ0) is 12.8. The molecule has 0 bridgehead atoms. The van der Waals surface area contributed by atoms with Crippen LogP contribution >= 0.6 is 11.6 Å². The molecule has 2 aromatic rings. The maximum absolute atomic E-state index is 8.78. The van der Waals surface area contributed by atoms with Crippen LogP contribution in [0.4, 0.5) is 5.69 Å². The zero-order valence-electron chi connectivity index (χ0n) is 9.86. The summed E-state index contributed by atoms with van der Waals surface area (Å²) >= 11 is 5.96. The summed E-state index contributed by atoms with van der Waals surface area (Å²) in [5.74, 6) is 0. The van der Waals surface area contributed by atoms with Gasteiger partial charge in [0.2, 0.25) is 0 Å². The number of benzene rings is 2. The molecule has 0 saturated heterocycles. The molecule has 0 atom stereocenters. The second kappa shape index (κ2) is 6.09. The normalized spacial score (nSPS) is 9.78. The van der Waals surface area contributed by atoms with Crippen molar-refractivity contribution in [2.75, 3.05) is 11.9 Å². The summed E-state index contributed by atoms with van der Waals surface area (Å²) in [6.07, 6.45) is 0.957. The number of hydrogen-bond donors (Lipinski definition) is 1. The highest BCUT2D eigenvalue weighted by Crippen LogP contribution is 2.20. The number of nitrogens with one attached hydrogen (secondary N) is 1. The van der Waals surface area contributed by atoms with Gasteiger partial charge in [-0.05, 0) is 30.2 Å². The summed E-state index contributed by atoms with van der Waals surface area (Å²) in [5.41, 5.74) is 2.74. The van der Waals surface area contributed by atoms with Crippen molar-refractivity contribution < 1.29 is 0 Å². The van der Waals surface area contributed by atoms with Gasteiger partial charge in [0.05, 0.1) is 10.6 Å². The molecular weight excluding hydrogens is 244 g/mol. The van der Waals surface area contributed by atoms with Crippen molar-refractivity contribution in [3.63, 3.8) is 0 Å². The Morgan fingerprint density at radius 1 is 1.11 bits per heavy atom. The lowest BCUT2D eigenvalue weighted by Gasteiger charge is -2.07. The minimum absolute atomic E-state index is 0.488. The van der Waals surface area contributed by atoms with Gasteiger partial charge in [0.1, 0.15) is 6.07 Å². The third kappa shape index (κ3) is 3.26. The second-order valence-corrected chi connectivity index (χ2v) is 4.38. The number of anilines is 1. The molecule has 2 aromatic carbocycles. The fraction of sp³-hybridized carbons (Fsp3) is 0.133. The van der Waals surface area contributed by atoms with Crippen LogP contribution in [-0.4, -0.2) is 6.54 Å². The fourth-order valence-corrected chi connectivity index (χ4v) is 1.93. The van der Waals surface area contributed by atoms with Gasteiger partial charge in [0.15, 0.2) is 0 Å². The Balaban J connectivity index is 1.91. The van der Waals surface area contributed by atoms with E-state index in [-0.39, 0.29) is 0 Å². The molecule has 1 N–H and O–H groups in total. The van der Waals surface area contributed by atoms with Gasteiger partial charge >= 0.3 is 0 Å². The average Bonchev–Trinajstić information content (AvgIpc) is 2.40. The van der Waals surface area contributed by atoms with Crippen LogP contribution in [0.3, 0.4) is 0 Å². The lowest BCUT2D eigenvalue weighted by molar-refractivity contribution is 1.02. The SMILES string of the molecule is N#Cc1ccc(NCCc2ccccc2)cc1Cl. The molecule has 0 aromatic heterocycles. The Morgan fingerprint density at radius 3 is 2.56 bits per heavy atom. The van der Waals surface area contributed by atoms with Gasteiger partial charge in [0.25, 0.3) is 0 Å². The van der Waals surface area contributed by atoms with Crippen molar-refractivity contribution in [3.05, 3.63) is 64.7 Å². The van der Waals surface area contributed by atoms with E-state index in [0.29, 0.717) is 10.6 Å². The van der Waals surface area contributed by atoms with Gasteiger partial charge < -0.3 is 5.32 Å². The van der Waals surface area contributed by atoms with Crippen LogP contribution in [0.2, 0.25) is 5.02 Å². The first-order valence-corrected chi connectivity index (χ1v) is 6.15. The van der Waals surface area contributed by atoms with E-state index in [1.165, 1.54) is 5.56 Å². The van der Waals surface area contributed by atoms with Crippen molar-refractivity contribution in [2.24, 2.45) is 0 Å². The first-order chi connectivity index (χ1) is 8.79. The summed E-state index contributed by atoms with van der Waals surface area (Å²) in [6, 6.07) is 17.7. The third-order valence-corrected chi connectivity index (χ3v) is 2.99. The van der Waals surface area contributed by atoms with E-state index in [2.05, 4.69) is 17.4 Å². The Hall–Kier alpha value is -1.98. The third-order valence-electron chi connectivity index (χ3n) is 2.68. The van der Waals surface area contributed by atoms with Gasteiger partial charge in [-0.3, -0.25) is 0 Å². The molecule has 0 spiro atoms. The van der Waals surface area contributed by atoms with Crippen LogP contribution in [0.5, 0.6) is 0 Å². The molecule has 0 fully saturated rings. The van der Waals surface area contributed by atoms with E-state index in [4.69, 9.17) is 16.9 Å². The average molecular weight is 257 g/mol. The monoisotopic (exact) mass is 256 g/mol. The summed E-state index contributed by atoms with van der Waals surface area (Å²) in [5, 5.41) is 12.6. The Morgan fingerprint density at radius 2 is 1.89 bits per heavy atom. The van der Waals surface area contributed by atoms with Crippen LogP contribution in [0.25, 0.3) is 0 Å². The van der Waals surface area contributed by atoms with Crippen LogP contribution in [0.15, 0.2) is 48.5 Å². The quantitative estimate of drug-likeness (QED) is 0.902. The number of rotatable bonds is 4. The molecule has 0 heterocycles. The van der Waals surface area contributed by atoms with E-state index >= 15 is 0 Å². The molecule has 0 aliphatic rings. The fourth-order valence-electron chi connectivity index (χ4n) is 1.71. The van der Waals surface area contributed by atoms with E-state index in [1.54, 1.807) is 12.1 Å². The molecule has 2 rings (SSSR count). The molecule has 90 valence electrons. The number of nitrogens with zero attached hydrogens (tertiary/aromatic N) is 1. The van der Waals surface area contributed by atoms with Crippen molar-refractivity contribution >= 4 is 17.3 Å². The van der Waals surface area contributed by atoms with Crippen molar-refractivity contribution in [1.82, 2.24) is 0 Å². The maximum Gasteiger partial charge on any atom is 0.101 e. The van der Waals surface area contributed by atoms with E-state index in [9.17, 15) is 0 Å². The molecule has 0 unspecified atom stereocenters. The molecule has 3 heteroatoms. The standard InChI is InChI=1S/C15H13ClN2/c16-15-10-14(7-6-13(15)11-17)18-9-8-12-4-2-1-3-5-12/h1-7,10,18H,8-9H2. The lowest BCUT2D eigenvalue weighted by atomic mass is 10.1. The molecule has 0 amide bonds. The van der Waals surface area contributed by atoms with Crippen LogP contribution in [-0.2, 0) is 6.42 Å². The van der Waals surface area contributed by atoms with Gasteiger partial charge in [-0.1, -0.05) is 41.9 Å². The number of hydrogen-bond acceptors (Lipinski definition) is 2. The highest BCUT2D eigenvalue weighted by molar-refractivity contribution is 6.32. The highest BCUT2D eigenvalue weighted by atomic mass is 35.5. The smallest absolute Gasteiger partial charge is 0.101 e. The first-order valence-electron chi connectivity index (χ1n) is 5.77. The Labute approximate surface area is 112 Å². The van der Waals surface area contributed by atoms with Crippen LogP contribution in [0, 0.1) is 11.3 Å². The van der Waals surface area contributed by atoms with Gasteiger partial charge in [-0.25, -0.2) is 0 Å². The largest absolute Gasteiger partial charge is 0.385 e. The highest BCUT2D eigenvalue weighted by Gasteiger charge is 2.00. The molecule has 2 nitrogen and oxygen atoms in total. The first kappa shape index (κ1) is 12.5. The van der Waals surface area contributed by atoms with Gasteiger partial charge in [-0.15, -0.1) is 0 Å². The predicted octanol–water partition coefficient (Wildman–Crippen LogP) is 3.87. The minimum atomic E-state index is 0.488. The van der Waals surface area contributed by atoms with Crippen molar-refractivity contribution in [3.8, 4) is 6.07 Å². The Kier molecular flexibility index (Phi) is 4.22. The second-order valence-electron chi connectivity index (χ2n) is 3.97. The van der Waals surface area contributed by atoms with Crippen LogP contribution in [0.1, 0.15) is 11.1 Å². The van der Waals surface area contributed by atoms with Gasteiger partial charge in [-0.2, -0.15) is 5.26 Å². The van der Waals surface area contributed by atoms with E-state index in [0.717, 1.165) is 18.7 Å². The lowest BCUT2D eigenvalue weighted by Crippen LogP contribution is -2.04. The van der Waals surface area contributed by atoms with E-state index in [1.807, 2.05) is 30.3 Å².